The first kappa shape index (κ1) is 25.6. The van der Waals surface area contributed by atoms with Gasteiger partial charge in [-0.2, -0.15) is 5.10 Å². The van der Waals surface area contributed by atoms with Crippen LogP contribution in [0.25, 0.3) is 6.08 Å². The van der Waals surface area contributed by atoms with Gasteiger partial charge in [0.2, 0.25) is 5.88 Å². The monoisotopic (exact) mass is 676 g/mol. The average Bonchev–Trinajstić information content (AvgIpc) is 3.00. The van der Waals surface area contributed by atoms with Gasteiger partial charge in [0, 0.05) is 42.4 Å². The topological polar surface area (TPSA) is 71.8 Å². The number of methoxy groups -OCH3 is 1. The fraction of sp³-hybridized carbons (Fsp3) is 0.368. The molecule has 1 unspecified atom stereocenters. The quantitative estimate of drug-likeness (QED) is 0.216. The van der Waals surface area contributed by atoms with Crippen molar-refractivity contribution in [3.63, 3.8) is 0 Å². The molecule has 11 heteroatoms. The smallest absolute Gasteiger partial charge is 0.438 e. The highest BCUT2D eigenvalue weighted by atomic mass is 127. The van der Waals surface area contributed by atoms with Crippen molar-refractivity contribution in [1.29, 1.82) is 0 Å². The molecule has 164 valence electrons. The highest BCUT2D eigenvalue weighted by Gasteiger charge is 2.25. The highest BCUT2D eigenvalue weighted by Crippen LogP contribution is 2.33. The molecule has 1 aromatic heterocycles. The number of hydrogen-bond donors (Lipinski definition) is 0. The maximum absolute atomic E-state index is 12.6. The first-order valence-corrected chi connectivity index (χ1v) is 15.3. The van der Waals surface area contributed by atoms with Gasteiger partial charge in [-0.25, -0.2) is 4.79 Å². The number of hydrogen-bond acceptors (Lipinski definition) is 8. The summed E-state index contributed by atoms with van der Waals surface area (Å²) < 4.78 is 23.2. The maximum atomic E-state index is 12.6. The molecule has 2 aromatic rings. The third-order valence-electron chi connectivity index (χ3n) is 3.76. The summed E-state index contributed by atoms with van der Waals surface area (Å²) in [5.74, 6) is 1.07. The van der Waals surface area contributed by atoms with Gasteiger partial charge >= 0.3 is 6.09 Å². The Balaban J connectivity index is 2.38. The molecule has 0 amide bonds. The lowest BCUT2D eigenvalue weighted by atomic mass is 10.1. The molecular weight excluding hydrogens is 654 g/mol. The zero-order valence-electron chi connectivity index (χ0n) is 17.0. The number of benzene rings is 1. The van der Waals surface area contributed by atoms with Gasteiger partial charge in [-0.05, 0) is 57.5 Å². The summed E-state index contributed by atoms with van der Waals surface area (Å²) in [5, 5.41) is 4.32. The van der Waals surface area contributed by atoms with Crippen LogP contribution in [0.5, 0.6) is 11.6 Å². The molecule has 0 radical (unpaired) electrons. The Morgan fingerprint density at radius 1 is 1.20 bits per heavy atom. The second kappa shape index (κ2) is 11.8. The van der Waals surface area contributed by atoms with Crippen LogP contribution in [-0.2, 0) is 8.92 Å². The van der Waals surface area contributed by atoms with Gasteiger partial charge in [0.1, 0.15) is 26.7 Å². The van der Waals surface area contributed by atoms with Crippen molar-refractivity contribution in [3.8, 4) is 11.6 Å². The summed E-state index contributed by atoms with van der Waals surface area (Å²) in [6, 6.07) is 7.64. The van der Waals surface area contributed by atoms with Crippen molar-refractivity contribution in [2.75, 3.05) is 7.11 Å². The first-order valence-electron chi connectivity index (χ1n) is 8.74. The summed E-state index contributed by atoms with van der Waals surface area (Å²) in [5.41, 5.74) is 1.62. The number of aryl methyl sites for hydroxylation is 1. The molecule has 0 aliphatic carbocycles. The predicted octanol–water partition coefficient (Wildman–Crippen LogP) is 7.13. The second-order valence-electron chi connectivity index (χ2n) is 7.05. The lowest BCUT2D eigenvalue weighted by Crippen LogP contribution is -2.28. The van der Waals surface area contributed by atoms with Gasteiger partial charge in [0.25, 0.3) is 0 Å². The second-order valence-corrected chi connectivity index (χ2v) is 9.82. The Morgan fingerprint density at radius 3 is 2.40 bits per heavy atom. The lowest BCUT2D eigenvalue weighted by molar-refractivity contribution is 0.0506. The van der Waals surface area contributed by atoms with Crippen molar-refractivity contribution >= 4 is 73.0 Å². The van der Waals surface area contributed by atoms with Crippen molar-refractivity contribution in [3.05, 3.63) is 47.2 Å². The third-order valence-corrected chi connectivity index (χ3v) is 5.42. The molecule has 2 rings (SSSR count). The Hall–Kier alpha value is -0.640. The molecule has 1 aromatic carbocycles. The largest absolute Gasteiger partial charge is 0.497 e. The fourth-order valence-electron chi connectivity index (χ4n) is 2.46. The van der Waals surface area contributed by atoms with E-state index in [2.05, 4.69) is 26.3 Å². The van der Waals surface area contributed by atoms with Gasteiger partial charge in [-0.3, -0.25) is 4.18 Å². The highest BCUT2D eigenvalue weighted by molar-refractivity contribution is 14.2. The van der Waals surface area contributed by atoms with Crippen LogP contribution in [0, 0.1) is 6.92 Å². The van der Waals surface area contributed by atoms with Crippen LogP contribution in [0.1, 0.15) is 43.7 Å². The molecule has 0 saturated carbocycles. The standard InChI is InChI=1S/C19H22I2N2O5S2/c1-12-15(17(28-30-21)23(22-12)18(24)26-19(2,3)4)10-11-16(27-29-20)13-6-8-14(25-5)9-7-13/h6-11,16H,1-5H3/b11-10+. The zero-order valence-corrected chi connectivity index (χ0v) is 23.0. The van der Waals surface area contributed by atoms with E-state index in [0.717, 1.165) is 25.2 Å². The fourth-order valence-corrected chi connectivity index (χ4v) is 4.12. The van der Waals surface area contributed by atoms with E-state index in [4.69, 9.17) is 17.8 Å². The number of aromatic nitrogens is 2. The molecule has 0 aliphatic rings. The Labute approximate surface area is 209 Å². The van der Waals surface area contributed by atoms with E-state index in [-0.39, 0.29) is 6.10 Å². The van der Waals surface area contributed by atoms with Gasteiger partial charge in [-0.15, -0.1) is 4.68 Å². The average molecular weight is 676 g/mol. The van der Waals surface area contributed by atoms with Gasteiger partial charge in [-0.1, -0.05) is 12.1 Å². The predicted molar refractivity (Wildman–Crippen MR) is 138 cm³/mol. The van der Waals surface area contributed by atoms with E-state index in [1.807, 2.05) is 64.5 Å². The van der Waals surface area contributed by atoms with Crippen LogP contribution >= 0.6 is 60.8 Å². The number of rotatable bonds is 8. The minimum atomic E-state index is -0.646. The third kappa shape index (κ3) is 7.21. The molecule has 1 heterocycles. The number of carbonyl (C=O) groups is 1. The molecule has 0 aliphatic heterocycles. The number of ether oxygens (including phenoxy) is 2. The number of carbonyl (C=O) groups excluding carboxylic acids is 1. The summed E-state index contributed by atoms with van der Waals surface area (Å²) in [6.07, 6.45) is 2.81. The minimum Gasteiger partial charge on any atom is -0.497 e. The normalized spacial score (nSPS) is 12.8. The van der Waals surface area contributed by atoms with Crippen molar-refractivity contribution in [2.45, 2.75) is 39.4 Å². The van der Waals surface area contributed by atoms with Gasteiger partial charge in [0.15, 0.2) is 0 Å². The summed E-state index contributed by atoms with van der Waals surface area (Å²) >= 11 is 4.07. The Kier molecular flexibility index (Phi) is 10.1. The molecule has 1 atom stereocenters. The van der Waals surface area contributed by atoms with E-state index in [0.29, 0.717) is 17.1 Å². The van der Waals surface area contributed by atoms with E-state index in [1.165, 1.54) is 9.21 Å². The molecule has 0 saturated heterocycles. The van der Waals surface area contributed by atoms with E-state index in [9.17, 15) is 4.79 Å². The molecule has 0 bridgehead atoms. The molecule has 7 nitrogen and oxygen atoms in total. The van der Waals surface area contributed by atoms with Crippen molar-refractivity contribution in [2.24, 2.45) is 0 Å². The van der Waals surface area contributed by atoms with Crippen molar-refractivity contribution in [1.82, 2.24) is 9.78 Å². The summed E-state index contributed by atoms with van der Waals surface area (Å²) in [6.45, 7) is 7.21. The SMILES string of the molecule is COc1ccc(C(/C=C/c2c(C)nn(C(=O)OC(C)(C)C)c2OSI)OSI)cc1. The Morgan fingerprint density at radius 2 is 1.87 bits per heavy atom. The minimum absolute atomic E-state index is 0.299. The van der Waals surface area contributed by atoms with Crippen LogP contribution in [-0.4, -0.2) is 28.6 Å². The van der Waals surface area contributed by atoms with Gasteiger partial charge in [0.05, 0.1) is 27.6 Å². The van der Waals surface area contributed by atoms with Crippen LogP contribution in [0.4, 0.5) is 4.79 Å². The van der Waals surface area contributed by atoms with E-state index >= 15 is 0 Å². The molecule has 0 N–H and O–H groups in total. The zero-order chi connectivity index (χ0) is 22.3. The summed E-state index contributed by atoms with van der Waals surface area (Å²) in [7, 11) is 3.96. The summed E-state index contributed by atoms with van der Waals surface area (Å²) in [4.78, 5) is 12.6. The number of nitrogens with zero attached hydrogens (tertiary/aromatic N) is 2. The van der Waals surface area contributed by atoms with Crippen molar-refractivity contribution < 1.29 is 22.6 Å². The maximum Gasteiger partial charge on any atom is 0.438 e. The molecule has 0 fully saturated rings. The van der Waals surface area contributed by atoms with Gasteiger partial charge < -0.3 is 13.7 Å². The Bertz CT molecular complexity index is 882. The van der Waals surface area contributed by atoms with Crippen LogP contribution in [0.2, 0.25) is 0 Å². The first-order chi connectivity index (χ1) is 14.2. The lowest BCUT2D eigenvalue weighted by Gasteiger charge is -2.19. The van der Waals surface area contributed by atoms with E-state index in [1.54, 1.807) is 27.9 Å². The van der Waals surface area contributed by atoms with Crippen LogP contribution in [0.3, 0.4) is 0 Å². The molecular formula is C19H22I2N2O5S2. The molecule has 30 heavy (non-hydrogen) atoms. The van der Waals surface area contributed by atoms with Crippen LogP contribution < -0.4 is 8.92 Å². The number of halogens is 2. The van der Waals surface area contributed by atoms with Crippen LogP contribution in [0.15, 0.2) is 30.3 Å². The molecule has 0 spiro atoms. The van der Waals surface area contributed by atoms with E-state index < -0.39 is 11.7 Å².